The third kappa shape index (κ3) is 3.21. The molecule has 2 aromatic rings. The van der Waals surface area contributed by atoms with E-state index in [0.29, 0.717) is 6.54 Å². The molecule has 2 rings (SSSR count). The number of carbonyl (C=O) groups is 1. The molecule has 1 N–H and O–H groups in total. The van der Waals surface area contributed by atoms with Crippen molar-refractivity contribution in [1.82, 2.24) is 9.88 Å². The zero-order valence-electron chi connectivity index (χ0n) is 12.7. The fourth-order valence-corrected chi connectivity index (χ4v) is 2.84. The van der Waals surface area contributed by atoms with Crippen molar-refractivity contribution in [3.8, 4) is 0 Å². The second-order valence-corrected chi connectivity index (χ2v) is 6.85. The van der Waals surface area contributed by atoms with Crippen molar-refractivity contribution in [2.24, 2.45) is 0 Å². The molecule has 0 bridgehead atoms. The van der Waals surface area contributed by atoms with E-state index in [1.54, 1.807) is 11.9 Å². The van der Waals surface area contributed by atoms with Gasteiger partial charge >= 0.3 is 0 Å². The van der Waals surface area contributed by atoms with Crippen LogP contribution in [-0.2, 0) is 16.6 Å². The molecule has 0 fully saturated rings. The van der Waals surface area contributed by atoms with Gasteiger partial charge in [-0.25, -0.2) is 0 Å². The predicted octanol–water partition coefficient (Wildman–Crippen LogP) is 4.02. The van der Waals surface area contributed by atoms with Crippen molar-refractivity contribution >= 4 is 33.2 Å². The Morgan fingerprint density at radius 1 is 1.43 bits per heavy atom. The van der Waals surface area contributed by atoms with Crippen LogP contribution in [0.5, 0.6) is 0 Å². The summed E-state index contributed by atoms with van der Waals surface area (Å²) in [6.45, 7) is 8.95. The maximum absolute atomic E-state index is 10.8. The number of halogens is 1. The summed E-state index contributed by atoms with van der Waals surface area (Å²) in [6.07, 6.45) is 3.65. The minimum atomic E-state index is -0.138. The van der Waals surface area contributed by atoms with E-state index in [-0.39, 0.29) is 5.41 Å². The molecule has 1 aromatic carbocycles. The van der Waals surface area contributed by atoms with Crippen LogP contribution in [0.1, 0.15) is 25.1 Å². The molecule has 0 aliphatic carbocycles. The molecular formula is C17H21BrN2O. The van der Waals surface area contributed by atoms with Gasteiger partial charge in [0.15, 0.2) is 0 Å². The average Bonchev–Trinajstić information content (AvgIpc) is 2.83. The molecule has 0 radical (unpaired) electrons. The van der Waals surface area contributed by atoms with Crippen LogP contribution in [0.3, 0.4) is 0 Å². The molecule has 0 saturated heterocycles. The van der Waals surface area contributed by atoms with Gasteiger partial charge in [0, 0.05) is 40.1 Å². The van der Waals surface area contributed by atoms with E-state index < -0.39 is 0 Å². The smallest absolute Gasteiger partial charge is 0.209 e. The number of benzene rings is 1. The molecule has 3 nitrogen and oxygen atoms in total. The lowest BCUT2D eigenvalue weighted by Gasteiger charge is -2.21. The predicted molar refractivity (Wildman–Crippen MR) is 91.6 cm³/mol. The molecule has 1 heterocycles. The number of fused-ring (bicyclic) bond motifs is 1. The van der Waals surface area contributed by atoms with Crippen LogP contribution in [-0.4, -0.2) is 29.9 Å². The minimum absolute atomic E-state index is 0.138. The number of nitrogens with one attached hydrogen (secondary N) is 1. The first-order valence-electron chi connectivity index (χ1n) is 6.98. The Bertz CT molecular complexity index is 673. The van der Waals surface area contributed by atoms with Gasteiger partial charge < -0.3 is 9.88 Å². The molecule has 1 aromatic heterocycles. The highest BCUT2D eigenvalue weighted by atomic mass is 79.9. The van der Waals surface area contributed by atoms with Crippen molar-refractivity contribution in [3.63, 3.8) is 0 Å². The summed E-state index contributed by atoms with van der Waals surface area (Å²) in [4.78, 5) is 16.0. The Kier molecular flexibility index (Phi) is 4.57. The van der Waals surface area contributed by atoms with E-state index in [4.69, 9.17) is 0 Å². The van der Waals surface area contributed by atoms with Gasteiger partial charge in [-0.15, -0.1) is 6.58 Å². The van der Waals surface area contributed by atoms with Crippen LogP contribution in [0.2, 0.25) is 0 Å². The SMILES string of the molecule is C=CC(C)(C)c1[nH]c2cc(Br)ccc2c1CCN(C)C=O. The molecular weight excluding hydrogens is 328 g/mol. The number of H-pyrrole nitrogens is 1. The van der Waals surface area contributed by atoms with Gasteiger partial charge in [-0.2, -0.15) is 0 Å². The van der Waals surface area contributed by atoms with Crippen molar-refractivity contribution in [2.75, 3.05) is 13.6 Å². The summed E-state index contributed by atoms with van der Waals surface area (Å²) in [5.41, 5.74) is 3.40. The van der Waals surface area contributed by atoms with E-state index in [1.807, 2.05) is 12.1 Å². The van der Waals surface area contributed by atoms with Crippen LogP contribution in [0.25, 0.3) is 10.9 Å². The Morgan fingerprint density at radius 3 is 2.76 bits per heavy atom. The molecule has 0 aliphatic heterocycles. The second kappa shape index (κ2) is 6.06. The number of aromatic amines is 1. The first kappa shape index (κ1) is 15.8. The quantitative estimate of drug-likeness (QED) is 0.620. The molecule has 21 heavy (non-hydrogen) atoms. The summed E-state index contributed by atoms with van der Waals surface area (Å²) < 4.78 is 1.05. The van der Waals surface area contributed by atoms with Gasteiger partial charge in [-0.3, -0.25) is 4.79 Å². The number of allylic oxidation sites excluding steroid dienone is 1. The molecule has 1 amide bonds. The Balaban J connectivity index is 2.54. The third-order valence-electron chi connectivity index (χ3n) is 3.92. The number of nitrogens with zero attached hydrogens (tertiary/aromatic N) is 1. The van der Waals surface area contributed by atoms with Gasteiger partial charge in [-0.1, -0.05) is 41.9 Å². The normalized spacial score (nSPS) is 11.6. The van der Waals surface area contributed by atoms with Crippen molar-refractivity contribution in [1.29, 1.82) is 0 Å². The fraction of sp³-hybridized carbons (Fsp3) is 0.353. The lowest BCUT2D eigenvalue weighted by Crippen LogP contribution is -2.21. The molecule has 112 valence electrons. The summed E-state index contributed by atoms with van der Waals surface area (Å²) in [6, 6.07) is 6.26. The Morgan fingerprint density at radius 2 is 2.14 bits per heavy atom. The minimum Gasteiger partial charge on any atom is -0.357 e. The zero-order valence-corrected chi connectivity index (χ0v) is 14.3. The number of rotatable bonds is 6. The number of likely N-dealkylation sites (N-methyl/N-ethyl adjacent to an activating group) is 1. The first-order valence-corrected chi connectivity index (χ1v) is 7.78. The van der Waals surface area contributed by atoms with E-state index in [2.05, 4.69) is 53.5 Å². The molecule has 4 heteroatoms. The molecule has 0 saturated carbocycles. The summed E-state index contributed by atoms with van der Waals surface area (Å²) in [5.74, 6) is 0. The van der Waals surface area contributed by atoms with Gasteiger partial charge in [0.2, 0.25) is 6.41 Å². The number of aromatic nitrogens is 1. The van der Waals surface area contributed by atoms with Gasteiger partial charge in [0.25, 0.3) is 0 Å². The zero-order chi connectivity index (χ0) is 15.6. The van der Waals surface area contributed by atoms with Gasteiger partial charge in [0.05, 0.1) is 0 Å². The van der Waals surface area contributed by atoms with E-state index >= 15 is 0 Å². The third-order valence-corrected chi connectivity index (χ3v) is 4.41. The largest absolute Gasteiger partial charge is 0.357 e. The highest BCUT2D eigenvalue weighted by Crippen LogP contribution is 2.33. The van der Waals surface area contributed by atoms with Crippen molar-refractivity contribution < 1.29 is 4.79 Å². The first-order chi connectivity index (χ1) is 9.89. The maximum Gasteiger partial charge on any atom is 0.209 e. The lowest BCUT2D eigenvalue weighted by atomic mass is 9.86. The fourth-order valence-electron chi connectivity index (χ4n) is 2.48. The summed E-state index contributed by atoms with van der Waals surface area (Å²) in [7, 11) is 1.80. The Labute approximate surface area is 134 Å². The van der Waals surface area contributed by atoms with E-state index in [0.717, 1.165) is 22.8 Å². The van der Waals surface area contributed by atoms with E-state index in [1.165, 1.54) is 16.6 Å². The molecule has 0 spiro atoms. The van der Waals surface area contributed by atoms with Gasteiger partial charge in [-0.05, 0) is 24.1 Å². The van der Waals surface area contributed by atoms with E-state index in [9.17, 15) is 4.79 Å². The summed E-state index contributed by atoms with van der Waals surface area (Å²) >= 11 is 3.51. The number of hydrogen-bond acceptors (Lipinski definition) is 1. The highest BCUT2D eigenvalue weighted by Gasteiger charge is 2.24. The van der Waals surface area contributed by atoms with Crippen LogP contribution < -0.4 is 0 Å². The number of carbonyl (C=O) groups excluding carboxylic acids is 1. The van der Waals surface area contributed by atoms with Crippen LogP contribution in [0, 0.1) is 0 Å². The summed E-state index contributed by atoms with van der Waals surface area (Å²) in [5, 5.41) is 1.21. The van der Waals surface area contributed by atoms with Crippen LogP contribution in [0.4, 0.5) is 0 Å². The molecule has 0 unspecified atom stereocenters. The molecule has 0 atom stereocenters. The second-order valence-electron chi connectivity index (χ2n) is 5.93. The number of amides is 1. The van der Waals surface area contributed by atoms with Crippen LogP contribution >= 0.6 is 15.9 Å². The van der Waals surface area contributed by atoms with Crippen molar-refractivity contribution in [3.05, 3.63) is 46.6 Å². The van der Waals surface area contributed by atoms with Crippen molar-refractivity contribution in [2.45, 2.75) is 25.7 Å². The lowest BCUT2D eigenvalue weighted by molar-refractivity contribution is -0.116. The Hall–Kier alpha value is -1.55. The van der Waals surface area contributed by atoms with Gasteiger partial charge in [0.1, 0.15) is 0 Å². The average molecular weight is 349 g/mol. The number of hydrogen-bond donors (Lipinski definition) is 1. The van der Waals surface area contributed by atoms with Crippen LogP contribution in [0.15, 0.2) is 35.3 Å². The topological polar surface area (TPSA) is 36.1 Å². The standard InChI is InChI=1S/C17H21BrN2O/c1-5-17(2,3)16-14(8-9-20(4)11-21)13-7-6-12(18)10-15(13)19-16/h5-7,10-11,19H,1,8-9H2,2-4H3. The monoisotopic (exact) mass is 348 g/mol. The highest BCUT2D eigenvalue weighted by molar-refractivity contribution is 9.10. The molecule has 0 aliphatic rings. The maximum atomic E-state index is 10.8.